The lowest BCUT2D eigenvalue weighted by atomic mass is 10.2. The van der Waals surface area contributed by atoms with Gasteiger partial charge >= 0.3 is 0 Å². The predicted molar refractivity (Wildman–Crippen MR) is 97.4 cm³/mol. The fourth-order valence-corrected chi connectivity index (χ4v) is 2.80. The zero-order valence-electron chi connectivity index (χ0n) is 14.2. The van der Waals surface area contributed by atoms with E-state index in [-0.39, 0.29) is 30.5 Å². The second kappa shape index (κ2) is 9.16. The smallest absolute Gasteiger partial charge is 0.277 e. The molecule has 0 unspecified atom stereocenters. The van der Waals surface area contributed by atoms with Gasteiger partial charge in [-0.05, 0) is 30.6 Å². The number of carbonyl (C=O) groups excluding carboxylic acids is 2. The number of rotatable bonds is 8. The van der Waals surface area contributed by atoms with E-state index in [1.807, 2.05) is 6.26 Å². The molecule has 0 saturated carbocycles. The monoisotopic (exact) mass is 363 g/mol. The molecule has 0 fully saturated rings. The van der Waals surface area contributed by atoms with E-state index in [9.17, 15) is 14.4 Å². The summed E-state index contributed by atoms with van der Waals surface area (Å²) in [6.07, 6.45) is 2.48. The Morgan fingerprint density at radius 3 is 2.80 bits per heavy atom. The molecule has 0 spiro atoms. The Kier molecular flexibility index (Phi) is 6.93. The van der Waals surface area contributed by atoms with Crippen molar-refractivity contribution in [2.45, 2.75) is 25.9 Å². The number of benzene rings is 1. The molecule has 2 amide bonds. The quantitative estimate of drug-likeness (QED) is 0.692. The van der Waals surface area contributed by atoms with Crippen LogP contribution in [0.1, 0.15) is 13.3 Å². The third kappa shape index (κ3) is 5.28. The Morgan fingerprint density at radius 1 is 1.32 bits per heavy atom. The fourth-order valence-electron chi connectivity index (χ4n) is 2.33. The topological polar surface area (TPSA) is 106 Å². The number of nitrogens with one attached hydrogen (secondary N) is 2. The Bertz CT molecular complexity index is 808. The van der Waals surface area contributed by atoms with Crippen LogP contribution in [-0.4, -0.2) is 51.4 Å². The lowest BCUT2D eigenvalue weighted by molar-refractivity contribution is -0.128. The largest absolute Gasteiger partial charge is 0.352 e. The summed E-state index contributed by atoms with van der Waals surface area (Å²) in [5.41, 5.74) is 0.288. The SMILES string of the molecule is CSCC[C@@H](NC(C)=O)C(=O)NCCn1nnc2ccccc2c1=O. The molecule has 0 aliphatic rings. The van der Waals surface area contributed by atoms with Crippen molar-refractivity contribution in [2.24, 2.45) is 0 Å². The maximum Gasteiger partial charge on any atom is 0.277 e. The van der Waals surface area contributed by atoms with Crippen LogP contribution in [0.25, 0.3) is 10.9 Å². The first-order chi connectivity index (χ1) is 12.0. The molecule has 1 aromatic heterocycles. The summed E-state index contributed by atoms with van der Waals surface area (Å²) >= 11 is 1.60. The van der Waals surface area contributed by atoms with Gasteiger partial charge in [-0.2, -0.15) is 11.8 Å². The summed E-state index contributed by atoms with van der Waals surface area (Å²) < 4.78 is 1.22. The maximum absolute atomic E-state index is 12.3. The number of nitrogens with zero attached hydrogens (tertiary/aromatic N) is 3. The molecular formula is C16H21N5O3S. The van der Waals surface area contributed by atoms with Gasteiger partial charge < -0.3 is 10.6 Å². The van der Waals surface area contributed by atoms with E-state index in [1.165, 1.54) is 11.6 Å². The average molecular weight is 363 g/mol. The lowest BCUT2D eigenvalue weighted by Crippen LogP contribution is -2.47. The molecule has 0 radical (unpaired) electrons. The molecule has 0 aliphatic heterocycles. The number of carbonyl (C=O) groups is 2. The summed E-state index contributed by atoms with van der Waals surface area (Å²) in [4.78, 5) is 35.8. The van der Waals surface area contributed by atoms with Crippen LogP contribution in [0.4, 0.5) is 0 Å². The highest BCUT2D eigenvalue weighted by Gasteiger charge is 2.18. The summed E-state index contributed by atoms with van der Waals surface area (Å²) in [6, 6.07) is 6.39. The van der Waals surface area contributed by atoms with Gasteiger partial charge in [-0.3, -0.25) is 14.4 Å². The fraction of sp³-hybridized carbons (Fsp3) is 0.438. The molecule has 0 aliphatic carbocycles. The van der Waals surface area contributed by atoms with Crippen LogP contribution in [0.15, 0.2) is 29.1 Å². The molecule has 2 aromatic rings. The van der Waals surface area contributed by atoms with Crippen LogP contribution in [0, 0.1) is 0 Å². The average Bonchev–Trinajstić information content (AvgIpc) is 2.60. The standard InChI is InChI=1S/C16H21N5O3S/c1-11(22)18-14(7-10-25-2)15(23)17-8-9-21-16(24)12-5-3-4-6-13(12)19-20-21/h3-6,14H,7-10H2,1-2H3,(H,17,23)(H,18,22)/t14-/m1/s1. The van der Waals surface area contributed by atoms with Crippen molar-refractivity contribution < 1.29 is 9.59 Å². The molecule has 0 bridgehead atoms. The molecule has 1 heterocycles. The molecule has 2 rings (SSSR count). The Labute approximate surface area is 149 Å². The zero-order chi connectivity index (χ0) is 18.2. The third-order valence-electron chi connectivity index (χ3n) is 3.56. The lowest BCUT2D eigenvalue weighted by Gasteiger charge is -2.17. The van der Waals surface area contributed by atoms with Gasteiger partial charge in [0.2, 0.25) is 11.8 Å². The molecule has 1 atom stereocenters. The number of fused-ring (bicyclic) bond motifs is 1. The van der Waals surface area contributed by atoms with Crippen LogP contribution in [-0.2, 0) is 16.1 Å². The van der Waals surface area contributed by atoms with E-state index in [2.05, 4.69) is 20.9 Å². The number of hydrogen-bond donors (Lipinski definition) is 2. The van der Waals surface area contributed by atoms with Crippen molar-refractivity contribution in [1.82, 2.24) is 25.6 Å². The highest BCUT2D eigenvalue weighted by molar-refractivity contribution is 7.98. The van der Waals surface area contributed by atoms with Crippen molar-refractivity contribution >= 4 is 34.5 Å². The van der Waals surface area contributed by atoms with Crippen LogP contribution >= 0.6 is 11.8 Å². The minimum Gasteiger partial charge on any atom is -0.352 e. The molecule has 134 valence electrons. The van der Waals surface area contributed by atoms with Crippen molar-refractivity contribution in [3.63, 3.8) is 0 Å². The van der Waals surface area contributed by atoms with Crippen molar-refractivity contribution in [2.75, 3.05) is 18.6 Å². The Balaban J connectivity index is 1.96. The second-order valence-electron chi connectivity index (χ2n) is 5.46. The van der Waals surface area contributed by atoms with Crippen molar-refractivity contribution in [1.29, 1.82) is 0 Å². The number of thioether (sulfide) groups is 1. The number of aromatic nitrogens is 3. The first kappa shape index (κ1) is 18.9. The maximum atomic E-state index is 12.3. The first-order valence-electron chi connectivity index (χ1n) is 7.89. The van der Waals surface area contributed by atoms with Crippen LogP contribution in [0.2, 0.25) is 0 Å². The van der Waals surface area contributed by atoms with Crippen molar-refractivity contribution in [3.8, 4) is 0 Å². The zero-order valence-corrected chi connectivity index (χ0v) is 15.0. The molecule has 25 heavy (non-hydrogen) atoms. The summed E-state index contributed by atoms with van der Waals surface area (Å²) in [7, 11) is 0. The van der Waals surface area contributed by atoms with Gasteiger partial charge in [0.15, 0.2) is 0 Å². The van der Waals surface area contributed by atoms with Crippen LogP contribution in [0.3, 0.4) is 0 Å². The minimum absolute atomic E-state index is 0.206. The molecule has 9 heteroatoms. The summed E-state index contributed by atoms with van der Waals surface area (Å²) in [5.74, 6) is 0.234. The van der Waals surface area contributed by atoms with Gasteiger partial charge in [-0.25, -0.2) is 4.68 Å². The molecule has 8 nitrogen and oxygen atoms in total. The van der Waals surface area contributed by atoms with E-state index in [0.717, 1.165) is 5.75 Å². The highest BCUT2D eigenvalue weighted by Crippen LogP contribution is 2.03. The van der Waals surface area contributed by atoms with Gasteiger partial charge in [0, 0.05) is 13.5 Å². The normalized spacial score (nSPS) is 11.9. The van der Waals surface area contributed by atoms with Gasteiger partial charge in [0.25, 0.3) is 5.56 Å². The summed E-state index contributed by atoms with van der Waals surface area (Å²) in [6.45, 7) is 1.81. The van der Waals surface area contributed by atoms with E-state index in [4.69, 9.17) is 0 Å². The number of amides is 2. The van der Waals surface area contributed by atoms with Gasteiger partial charge in [-0.1, -0.05) is 17.3 Å². The predicted octanol–water partition coefficient (Wildman–Crippen LogP) is 0.166. The van der Waals surface area contributed by atoms with Gasteiger partial charge in [0.05, 0.1) is 11.9 Å². The third-order valence-corrected chi connectivity index (χ3v) is 4.20. The Morgan fingerprint density at radius 2 is 2.08 bits per heavy atom. The van der Waals surface area contributed by atoms with E-state index in [1.54, 1.807) is 36.0 Å². The minimum atomic E-state index is -0.579. The second-order valence-corrected chi connectivity index (χ2v) is 6.45. The Hall–Kier alpha value is -2.42. The molecular weight excluding hydrogens is 342 g/mol. The first-order valence-corrected chi connectivity index (χ1v) is 9.28. The van der Waals surface area contributed by atoms with E-state index >= 15 is 0 Å². The summed E-state index contributed by atoms with van der Waals surface area (Å²) in [5, 5.41) is 13.7. The number of hydrogen-bond acceptors (Lipinski definition) is 6. The van der Waals surface area contributed by atoms with E-state index < -0.39 is 6.04 Å². The van der Waals surface area contributed by atoms with E-state index in [0.29, 0.717) is 17.3 Å². The van der Waals surface area contributed by atoms with Crippen LogP contribution in [0.5, 0.6) is 0 Å². The molecule has 1 aromatic carbocycles. The van der Waals surface area contributed by atoms with Gasteiger partial charge in [0.1, 0.15) is 11.6 Å². The molecule has 2 N–H and O–H groups in total. The van der Waals surface area contributed by atoms with Crippen LogP contribution < -0.4 is 16.2 Å². The van der Waals surface area contributed by atoms with Crippen molar-refractivity contribution in [3.05, 3.63) is 34.6 Å². The highest BCUT2D eigenvalue weighted by atomic mass is 32.2. The van der Waals surface area contributed by atoms with Gasteiger partial charge in [-0.15, -0.1) is 5.10 Å². The molecule has 0 saturated heterocycles.